The molecule has 9 nitrogen and oxygen atoms in total. The van der Waals surface area contributed by atoms with E-state index in [1.54, 1.807) is 12.4 Å². The Kier molecular flexibility index (Phi) is 5.65. The van der Waals surface area contributed by atoms with E-state index in [-0.39, 0.29) is 17.6 Å². The van der Waals surface area contributed by atoms with Crippen LogP contribution in [0.25, 0.3) is 11.3 Å². The van der Waals surface area contributed by atoms with E-state index >= 15 is 0 Å². The van der Waals surface area contributed by atoms with Crippen LogP contribution in [0.3, 0.4) is 0 Å². The molecule has 2 atom stereocenters. The number of fused-ring (bicyclic) bond motifs is 2. The summed E-state index contributed by atoms with van der Waals surface area (Å²) in [5.41, 5.74) is 9.13. The number of hydrogen-bond acceptors (Lipinski definition) is 7. The maximum atomic E-state index is 12.6. The average molecular weight is 477 g/mol. The van der Waals surface area contributed by atoms with Crippen LogP contribution in [-0.4, -0.2) is 49.4 Å². The van der Waals surface area contributed by atoms with Gasteiger partial charge in [-0.25, -0.2) is 9.78 Å². The smallest absolute Gasteiger partial charge is 0.410 e. The van der Waals surface area contributed by atoms with E-state index in [4.69, 9.17) is 20.3 Å². The molecule has 0 radical (unpaired) electrons. The van der Waals surface area contributed by atoms with Crippen LogP contribution in [0, 0.1) is 0 Å². The third-order valence-electron chi connectivity index (χ3n) is 6.72. The summed E-state index contributed by atoms with van der Waals surface area (Å²) in [7, 11) is 0. The maximum Gasteiger partial charge on any atom is 0.410 e. The maximum absolute atomic E-state index is 12.6. The van der Waals surface area contributed by atoms with Crippen LogP contribution in [0.4, 0.5) is 10.6 Å². The lowest BCUT2D eigenvalue weighted by molar-refractivity contribution is 0.0284. The number of anilines is 1. The zero-order chi connectivity index (χ0) is 24.8. The number of ether oxygens (including phenoxy) is 2. The highest BCUT2D eigenvalue weighted by atomic mass is 16.6. The Balaban J connectivity index is 1.36. The summed E-state index contributed by atoms with van der Waals surface area (Å²) in [6.45, 7) is 9.75. The summed E-state index contributed by atoms with van der Waals surface area (Å²) in [6, 6.07) is 9.71. The second-order valence-corrected chi connectivity index (χ2v) is 10.4. The number of nitrogen functional groups attached to an aromatic ring is 1. The lowest BCUT2D eigenvalue weighted by Crippen LogP contribution is -2.37. The molecule has 2 aliphatic heterocycles. The van der Waals surface area contributed by atoms with Crippen molar-refractivity contribution < 1.29 is 14.3 Å². The van der Waals surface area contributed by atoms with Gasteiger partial charge in [-0.1, -0.05) is 6.07 Å². The number of likely N-dealkylation sites (tertiary alicyclic amines) is 1. The first kappa shape index (κ1) is 23.1. The molecule has 35 heavy (non-hydrogen) atoms. The summed E-state index contributed by atoms with van der Waals surface area (Å²) in [5.74, 6) is 0.823. The van der Waals surface area contributed by atoms with Crippen LogP contribution in [0.2, 0.25) is 0 Å². The van der Waals surface area contributed by atoms with Gasteiger partial charge in [-0.05, 0) is 64.8 Å². The Morgan fingerprint density at radius 2 is 1.97 bits per heavy atom. The minimum absolute atomic E-state index is 0.101. The highest BCUT2D eigenvalue weighted by Gasteiger charge is 2.47. The van der Waals surface area contributed by atoms with Gasteiger partial charge in [0.25, 0.3) is 0 Å². The van der Waals surface area contributed by atoms with Crippen molar-refractivity contribution in [1.29, 1.82) is 0 Å². The first-order valence-corrected chi connectivity index (χ1v) is 12.0. The number of rotatable bonds is 4. The number of hydrogen-bond donors (Lipinski definition) is 1. The fourth-order valence-corrected chi connectivity index (χ4v) is 4.93. The first-order chi connectivity index (χ1) is 16.6. The molecule has 5 heterocycles. The molecule has 1 amide bonds. The van der Waals surface area contributed by atoms with Crippen molar-refractivity contribution in [3.05, 3.63) is 54.1 Å². The topological polar surface area (TPSA) is 108 Å². The fourth-order valence-electron chi connectivity index (χ4n) is 4.93. The quantitative estimate of drug-likeness (QED) is 0.596. The zero-order valence-electron chi connectivity index (χ0n) is 20.7. The molecule has 1 fully saturated rings. The number of carbonyl (C=O) groups excluding carboxylic acids is 1. The number of pyridine rings is 2. The molecule has 3 aromatic rings. The predicted molar refractivity (Wildman–Crippen MR) is 132 cm³/mol. The van der Waals surface area contributed by atoms with Crippen LogP contribution in [-0.2, 0) is 16.7 Å². The molecule has 0 bridgehead atoms. The summed E-state index contributed by atoms with van der Waals surface area (Å²) < 4.78 is 13.8. The van der Waals surface area contributed by atoms with Crippen molar-refractivity contribution in [3.8, 4) is 17.0 Å². The molecule has 5 rings (SSSR count). The number of nitrogens with zero attached hydrogens (tertiary/aromatic N) is 5. The molecule has 1 saturated heterocycles. The third-order valence-corrected chi connectivity index (χ3v) is 6.72. The molecule has 1 spiro atoms. The Hall–Kier alpha value is -3.62. The highest BCUT2D eigenvalue weighted by molar-refractivity contribution is 5.69. The SMILES string of the molecule is CC(Oc1cc(-c2cc3n(n2)CCC32CCN(C(=O)OC(C)(C)C)C2)cnc1N)c1ccccn1. The predicted octanol–water partition coefficient (Wildman–Crippen LogP) is 4.34. The summed E-state index contributed by atoms with van der Waals surface area (Å²) in [4.78, 5) is 23.2. The van der Waals surface area contributed by atoms with E-state index < -0.39 is 5.60 Å². The second-order valence-electron chi connectivity index (χ2n) is 10.4. The zero-order valence-corrected chi connectivity index (χ0v) is 20.7. The molecule has 0 saturated carbocycles. The van der Waals surface area contributed by atoms with Crippen LogP contribution in [0.5, 0.6) is 5.75 Å². The number of nitrogens with two attached hydrogens (primary N) is 1. The van der Waals surface area contributed by atoms with Gasteiger partial charge in [-0.15, -0.1) is 0 Å². The van der Waals surface area contributed by atoms with Gasteiger partial charge < -0.3 is 20.1 Å². The van der Waals surface area contributed by atoms with Gasteiger partial charge in [0.1, 0.15) is 11.7 Å². The Bertz CT molecular complexity index is 1240. The van der Waals surface area contributed by atoms with Crippen molar-refractivity contribution in [2.24, 2.45) is 0 Å². The van der Waals surface area contributed by atoms with Crippen LogP contribution < -0.4 is 10.5 Å². The minimum atomic E-state index is -0.506. The fraction of sp³-hybridized carbons (Fsp3) is 0.462. The summed E-state index contributed by atoms with van der Waals surface area (Å²) in [6.07, 6.45) is 4.79. The number of aryl methyl sites for hydroxylation is 1. The van der Waals surface area contributed by atoms with E-state index in [1.807, 2.05) is 56.9 Å². The Labute approximate surface area is 205 Å². The van der Waals surface area contributed by atoms with E-state index in [0.29, 0.717) is 24.7 Å². The second kappa shape index (κ2) is 8.55. The molecule has 0 aliphatic carbocycles. The highest BCUT2D eigenvalue weighted by Crippen LogP contribution is 2.44. The van der Waals surface area contributed by atoms with Crippen LogP contribution in [0.1, 0.15) is 58.0 Å². The molecule has 0 aromatic carbocycles. The average Bonchev–Trinajstić information content (AvgIpc) is 3.52. The summed E-state index contributed by atoms with van der Waals surface area (Å²) >= 11 is 0. The normalized spacial score (nSPS) is 20.2. The van der Waals surface area contributed by atoms with Crippen molar-refractivity contribution in [3.63, 3.8) is 0 Å². The van der Waals surface area contributed by atoms with Crippen molar-refractivity contribution >= 4 is 11.9 Å². The van der Waals surface area contributed by atoms with Crippen molar-refractivity contribution in [2.75, 3.05) is 18.8 Å². The van der Waals surface area contributed by atoms with Gasteiger partial charge in [0.15, 0.2) is 11.6 Å². The van der Waals surface area contributed by atoms with Crippen LogP contribution >= 0.6 is 0 Å². The number of aromatic nitrogens is 4. The Morgan fingerprint density at radius 3 is 2.71 bits per heavy atom. The van der Waals surface area contributed by atoms with E-state index in [2.05, 4.69) is 20.7 Å². The molecule has 2 unspecified atom stereocenters. The molecule has 2 aliphatic rings. The third kappa shape index (κ3) is 4.54. The standard InChI is InChI=1S/C26H32N6O3/c1-17(19-7-5-6-10-28-19)34-21-13-18(15-29-23(21)27)20-14-22-26(9-12-32(22)30-20)8-11-31(16-26)24(33)35-25(2,3)4/h5-7,10,13-15,17H,8-9,11-12,16H2,1-4H3,(H2,27,29). The van der Waals surface area contributed by atoms with Gasteiger partial charge in [0.2, 0.25) is 0 Å². The van der Waals surface area contributed by atoms with Gasteiger partial charge >= 0.3 is 6.09 Å². The van der Waals surface area contributed by atoms with Gasteiger partial charge in [-0.3, -0.25) is 9.67 Å². The lowest BCUT2D eigenvalue weighted by Gasteiger charge is -2.26. The van der Waals surface area contributed by atoms with E-state index in [9.17, 15) is 4.79 Å². The van der Waals surface area contributed by atoms with Gasteiger partial charge in [-0.2, -0.15) is 5.10 Å². The molecular weight excluding hydrogens is 444 g/mol. The van der Waals surface area contributed by atoms with E-state index in [0.717, 1.165) is 42.0 Å². The number of carbonyl (C=O) groups is 1. The molecular formula is C26H32N6O3. The minimum Gasteiger partial charge on any atom is -0.481 e. The molecule has 2 N–H and O–H groups in total. The lowest BCUT2D eigenvalue weighted by atomic mass is 9.82. The number of amides is 1. The van der Waals surface area contributed by atoms with Gasteiger partial charge in [0, 0.05) is 48.7 Å². The van der Waals surface area contributed by atoms with Crippen LogP contribution in [0.15, 0.2) is 42.7 Å². The molecule has 3 aromatic heterocycles. The Morgan fingerprint density at radius 1 is 1.17 bits per heavy atom. The summed E-state index contributed by atoms with van der Waals surface area (Å²) in [5, 5.41) is 4.85. The molecule has 9 heteroatoms. The van der Waals surface area contributed by atoms with Crippen molar-refractivity contribution in [1.82, 2.24) is 24.6 Å². The van der Waals surface area contributed by atoms with Gasteiger partial charge in [0.05, 0.1) is 11.4 Å². The first-order valence-electron chi connectivity index (χ1n) is 12.0. The van der Waals surface area contributed by atoms with Crippen molar-refractivity contribution in [2.45, 2.75) is 64.2 Å². The largest absolute Gasteiger partial charge is 0.481 e. The molecule has 184 valence electrons. The van der Waals surface area contributed by atoms with E-state index in [1.165, 1.54) is 0 Å². The monoisotopic (exact) mass is 476 g/mol.